The average Bonchev–Trinajstić information content (AvgIpc) is 3.05. The summed E-state index contributed by atoms with van der Waals surface area (Å²) < 4.78 is 0. The van der Waals surface area contributed by atoms with E-state index in [1.54, 1.807) is 11.3 Å². The fraction of sp³-hybridized carbons (Fsp3) is 0.471. The number of fused-ring (bicyclic) bond motifs is 2. The minimum atomic E-state index is 0.329. The number of allylic oxidation sites excluding steroid dienone is 2. The monoisotopic (exact) mass is 331 g/mol. The number of nitrogens with zero attached hydrogens (tertiary/aromatic N) is 2. The standard InChI is InChI=1S/C17H21N3S2/c1-10(2)20-8-7-11-14(9-20)21-16(18)15(11)17-19-12-5-3-4-6-13(12)22-17/h3-4,6,10,12H,5,7-9,18H2,1-2H3. The van der Waals surface area contributed by atoms with Gasteiger partial charge in [0, 0.05) is 34.5 Å². The average molecular weight is 332 g/mol. The summed E-state index contributed by atoms with van der Waals surface area (Å²) in [5.74, 6) is 0. The first-order valence-electron chi connectivity index (χ1n) is 7.90. The number of hydrogen-bond acceptors (Lipinski definition) is 5. The molecule has 0 spiro atoms. The molecule has 0 saturated heterocycles. The maximum atomic E-state index is 6.38. The van der Waals surface area contributed by atoms with Gasteiger partial charge in [0.25, 0.3) is 0 Å². The van der Waals surface area contributed by atoms with Gasteiger partial charge in [0.15, 0.2) is 0 Å². The fourth-order valence-corrected chi connectivity index (χ4v) is 5.71. The molecular weight excluding hydrogens is 310 g/mol. The molecule has 22 heavy (non-hydrogen) atoms. The van der Waals surface area contributed by atoms with Gasteiger partial charge in [0.2, 0.25) is 0 Å². The van der Waals surface area contributed by atoms with Crippen molar-refractivity contribution in [3.8, 4) is 0 Å². The van der Waals surface area contributed by atoms with Crippen LogP contribution < -0.4 is 5.73 Å². The summed E-state index contributed by atoms with van der Waals surface area (Å²) >= 11 is 3.58. The first-order valence-corrected chi connectivity index (χ1v) is 9.53. The van der Waals surface area contributed by atoms with Gasteiger partial charge in [-0.1, -0.05) is 30.0 Å². The van der Waals surface area contributed by atoms with Crippen LogP contribution in [0.5, 0.6) is 0 Å². The Labute approximate surface area is 140 Å². The highest BCUT2D eigenvalue weighted by atomic mass is 32.2. The SMILES string of the molecule is CC(C)N1CCc2c(sc(N)c2C2=NC3CC=CC=C3S2)C1. The minimum absolute atomic E-state index is 0.329. The second kappa shape index (κ2) is 5.55. The van der Waals surface area contributed by atoms with E-state index in [1.165, 1.54) is 20.9 Å². The predicted octanol–water partition coefficient (Wildman–Crippen LogP) is 3.80. The number of thioether (sulfide) groups is 1. The molecule has 3 heterocycles. The Bertz CT molecular complexity index is 697. The van der Waals surface area contributed by atoms with Crippen molar-refractivity contribution in [3.05, 3.63) is 39.1 Å². The first kappa shape index (κ1) is 14.5. The lowest BCUT2D eigenvalue weighted by Gasteiger charge is -2.30. The number of thiophene rings is 1. The highest BCUT2D eigenvalue weighted by Crippen LogP contribution is 2.44. The van der Waals surface area contributed by atoms with E-state index >= 15 is 0 Å². The van der Waals surface area contributed by atoms with E-state index < -0.39 is 0 Å². The third-order valence-corrected chi connectivity index (χ3v) is 6.82. The normalized spacial score (nSPS) is 24.2. The number of rotatable bonds is 2. The largest absolute Gasteiger partial charge is 0.390 e. The Hall–Kier alpha value is -1.04. The topological polar surface area (TPSA) is 41.6 Å². The van der Waals surface area contributed by atoms with Gasteiger partial charge in [-0.15, -0.1) is 11.3 Å². The maximum absolute atomic E-state index is 6.38. The number of aliphatic imine (C=N–C) groups is 1. The van der Waals surface area contributed by atoms with Crippen LogP contribution in [0.25, 0.3) is 0 Å². The molecule has 3 aliphatic rings. The molecule has 1 aromatic heterocycles. The van der Waals surface area contributed by atoms with Crippen LogP contribution in [0.4, 0.5) is 5.00 Å². The van der Waals surface area contributed by atoms with E-state index in [-0.39, 0.29) is 0 Å². The van der Waals surface area contributed by atoms with E-state index in [4.69, 9.17) is 10.7 Å². The third-order valence-electron chi connectivity index (χ3n) is 4.63. The van der Waals surface area contributed by atoms with Crippen LogP contribution in [0, 0.1) is 0 Å². The lowest BCUT2D eigenvalue weighted by molar-refractivity contribution is 0.206. The molecular formula is C17H21N3S2. The Morgan fingerprint density at radius 1 is 1.41 bits per heavy atom. The third kappa shape index (κ3) is 2.36. The molecule has 0 saturated carbocycles. The van der Waals surface area contributed by atoms with Gasteiger partial charge in [-0.25, -0.2) is 0 Å². The van der Waals surface area contributed by atoms with Crippen molar-refractivity contribution < 1.29 is 0 Å². The van der Waals surface area contributed by atoms with E-state index in [2.05, 4.69) is 37.0 Å². The van der Waals surface area contributed by atoms with Crippen LogP contribution in [-0.4, -0.2) is 28.6 Å². The van der Waals surface area contributed by atoms with E-state index in [0.29, 0.717) is 12.1 Å². The van der Waals surface area contributed by atoms with E-state index in [9.17, 15) is 0 Å². The summed E-state index contributed by atoms with van der Waals surface area (Å²) in [6.45, 7) is 6.70. The van der Waals surface area contributed by atoms with Gasteiger partial charge < -0.3 is 5.73 Å². The van der Waals surface area contributed by atoms with Crippen LogP contribution >= 0.6 is 23.1 Å². The van der Waals surface area contributed by atoms with Gasteiger partial charge in [0.1, 0.15) is 5.04 Å². The molecule has 0 fully saturated rings. The zero-order chi connectivity index (χ0) is 15.3. The van der Waals surface area contributed by atoms with Crippen molar-refractivity contribution in [2.45, 2.75) is 45.3 Å². The minimum Gasteiger partial charge on any atom is -0.390 e. The number of nitrogen functional groups attached to an aromatic ring is 1. The van der Waals surface area contributed by atoms with Crippen molar-refractivity contribution in [2.75, 3.05) is 12.3 Å². The molecule has 1 aromatic rings. The summed E-state index contributed by atoms with van der Waals surface area (Å²) in [7, 11) is 0. The molecule has 3 nitrogen and oxygen atoms in total. The van der Waals surface area contributed by atoms with Crippen LogP contribution in [0.15, 0.2) is 28.1 Å². The second-order valence-corrected chi connectivity index (χ2v) is 8.54. The van der Waals surface area contributed by atoms with Crippen LogP contribution in [0.2, 0.25) is 0 Å². The van der Waals surface area contributed by atoms with Gasteiger partial charge in [-0.05, 0) is 32.3 Å². The van der Waals surface area contributed by atoms with Gasteiger partial charge in [-0.3, -0.25) is 9.89 Å². The number of nitrogens with two attached hydrogens (primary N) is 1. The van der Waals surface area contributed by atoms with Gasteiger partial charge in [0.05, 0.1) is 11.0 Å². The highest BCUT2D eigenvalue weighted by Gasteiger charge is 2.31. The smallest absolute Gasteiger partial charge is 0.106 e. The molecule has 2 aliphatic heterocycles. The zero-order valence-corrected chi connectivity index (χ0v) is 14.6. The Morgan fingerprint density at radius 2 is 2.27 bits per heavy atom. The second-order valence-electron chi connectivity index (χ2n) is 6.34. The Kier molecular flexibility index (Phi) is 3.67. The number of anilines is 1. The lowest BCUT2D eigenvalue weighted by Crippen LogP contribution is -2.35. The Balaban J connectivity index is 1.67. The van der Waals surface area contributed by atoms with E-state index in [0.717, 1.165) is 36.0 Å². The van der Waals surface area contributed by atoms with Crippen molar-refractivity contribution in [3.63, 3.8) is 0 Å². The summed E-state index contributed by atoms with van der Waals surface area (Å²) in [4.78, 5) is 10.3. The quantitative estimate of drug-likeness (QED) is 0.896. The highest BCUT2D eigenvalue weighted by molar-refractivity contribution is 8.18. The molecule has 0 aromatic carbocycles. The summed E-state index contributed by atoms with van der Waals surface area (Å²) in [5, 5.41) is 2.10. The number of hydrogen-bond donors (Lipinski definition) is 1. The summed E-state index contributed by atoms with van der Waals surface area (Å²) in [6.07, 6.45) is 8.66. The molecule has 0 bridgehead atoms. The molecule has 116 valence electrons. The predicted molar refractivity (Wildman–Crippen MR) is 97.7 cm³/mol. The summed E-state index contributed by atoms with van der Waals surface area (Å²) in [6, 6.07) is 0.924. The van der Waals surface area contributed by atoms with Gasteiger partial charge >= 0.3 is 0 Å². The van der Waals surface area contributed by atoms with Crippen molar-refractivity contribution >= 4 is 33.1 Å². The van der Waals surface area contributed by atoms with Crippen molar-refractivity contribution in [2.24, 2.45) is 4.99 Å². The van der Waals surface area contributed by atoms with E-state index in [1.807, 2.05) is 11.8 Å². The first-order chi connectivity index (χ1) is 10.6. The molecule has 2 N–H and O–H groups in total. The summed E-state index contributed by atoms with van der Waals surface area (Å²) in [5.41, 5.74) is 9.08. The van der Waals surface area contributed by atoms with Crippen molar-refractivity contribution in [1.29, 1.82) is 0 Å². The molecule has 5 heteroatoms. The molecule has 1 aliphatic carbocycles. The van der Waals surface area contributed by atoms with Crippen molar-refractivity contribution in [1.82, 2.24) is 4.90 Å². The Morgan fingerprint density at radius 3 is 3.05 bits per heavy atom. The fourth-order valence-electron chi connectivity index (χ4n) is 3.33. The molecule has 0 amide bonds. The molecule has 4 rings (SSSR count). The molecule has 0 radical (unpaired) electrons. The molecule has 1 unspecified atom stereocenters. The van der Waals surface area contributed by atoms with Crippen LogP contribution in [0.3, 0.4) is 0 Å². The lowest BCUT2D eigenvalue weighted by atomic mass is 10.0. The maximum Gasteiger partial charge on any atom is 0.106 e. The zero-order valence-electron chi connectivity index (χ0n) is 13.0. The van der Waals surface area contributed by atoms with Crippen LogP contribution in [-0.2, 0) is 13.0 Å². The molecule has 1 atom stereocenters. The van der Waals surface area contributed by atoms with Gasteiger partial charge in [-0.2, -0.15) is 0 Å². The van der Waals surface area contributed by atoms with Crippen LogP contribution in [0.1, 0.15) is 36.3 Å².